The lowest BCUT2D eigenvalue weighted by Crippen LogP contribution is -2.26. The van der Waals surface area contributed by atoms with Crippen LogP contribution >= 0.6 is 11.3 Å². The smallest absolute Gasteiger partial charge is 0.0896 e. The van der Waals surface area contributed by atoms with Crippen LogP contribution in [0.4, 0.5) is 0 Å². The van der Waals surface area contributed by atoms with E-state index in [1.165, 1.54) is 42.1 Å². The molecule has 0 amide bonds. The van der Waals surface area contributed by atoms with E-state index >= 15 is 0 Å². The third kappa shape index (κ3) is 4.76. The van der Waals surface area contributed by atoms with Gasteiger partial charge < -0.3 is 5.32 Å². The zero-order valence-corrected chi connectivity index (χ0v) is 12.0. The summed E-state index contributed by atoms with van der Waals surface area (Å²) in [5, 5.41) is 4.87. The Labute approximate surface area is 109 Å². The molecule has 2 nitrogen and oxygen atoms in total. The maximum absolute atomic E-state index is 4.35. The molecule has 1 unspecified atom stereocenters. The van der Waals surface area contributed by atoms with Crippen LogP contribution in [0.15, 0.2) is 6.20 Å². The summed E-state index contributed by atoms with van der Waals surface area (Å²) in [5.74, 6) is 1.56. The van der Waals surface area contributed by atoms with Crippen molar-refractivity contribution in [1.29, 1.82) is 0 Å². The number of thiazole rings is 1. The number of rotatable bonds is 7. The van der Waals surface area contributed by atoms with Crippen LogP contribution in [-0.2, 0) is 6.42 Å². The minimum atomic E-state index is 0.774. The van der Waals surface area contributed by atoms with Crippen molar-refractivity contribution in [2.45, 2.75) is 52.5 Å². The lowest BCUT2D eigenvalue weighted by Gasteiger charge is -2.18. The van der Waals surface area contributed by atoms with Gasteiger partial charge in [-0.25, -0.2) is 4.98 Å². The van der Waals surface area contributed by atoms with Gasteiger partial charge in [0.15, 0.2) is 0 Å². The maximum atomic E-state index is 4.35. The van der Waals surface area contributed by atoms with E-state index in [1.54, 1.807) is 0 Å². The molecule has 1 aliphatic carbocycles. The first kappa shape index (κ1) is 13.0. The van der Waals surface area contributed by atoms with Crippen LogP contribution in [0.1, 0.15) is 43.0 Å². The summed E-state index contributed by atoms with van der Waals surface area (Å²) in [5.41, 5.74) is 0. The van der Waals surface area contributed by atoms with Crippen molar-refractivity contribution in [2.24, 2.45) is 11.8 Å². The highest BCUT2D eigenvalue weighted by Crippen LogP contribution is 2.23. The fraction of sp³-hybridized carbons (Fsp3) is 0.786. The van der Waals surface area contributed by atoms with Crippen molar-refractivity contribution in [3.05, 3.63) is 16.1 Å². The normalized spacial score (nSPS) is 17.6. The monoisotopic (exact) mass is 252 g/mol. The Bertz CT molecular complexity index is 342. The number of aromatic nitrogens is 1. The molecule has 17 heavy (non-hydrogen) atoms. The van der Waals surface area contributed by atoms with Gasteiger partial charge in [-0.1, -0.05) is 13.8 Å². The Hall–Kier alpha value is -0.410. The van der Waals surface area contributed by atoms with Gasteiger partial charge in [0, 0.05) is 17.1 Å². The molecule has 0 spiro atoms. The zero-order chi connectivity index (χ0) is 12.3. The van der Waals surface area contributed by atoms with Gasteiger partial charge in [0.2, 0.25) is 0 Å². The largest absolute Gasteiger partial charge is 0.314 e. The lowest BCUT2D eigenvalue weighted by atomic mass is 9.93. The summed E-state index contributed by atoms with van der Waals surface area (Å²) in [7, 11) is 0. The summed E-state index contributed by atoms with van der Waals surface area (Å²) in [4.78, 5) is 5.80. The second-order valence-electron chi connectivity index (χ2n) is 5.73. The van der Waals surface area contributed by atoms with Crippen molar-refractivity contribution in [1.82, 2.24) is 10.3 Å². The Morgan fingerprint density at radius 1 is 1.47 bits per heavy atom. The van der Waals surface area contributed by atoms with Crippen LogP contribution in [0.2, 0.25) is 0 Å². The van der Waals surface area contributed by atoms with E-state index in [-0.39, 0.29) is 0 Å². The number of nitrogens with zero attached hydrogens (tertiary/aromatic N) is 1. The fourth-order valence-corrected chi connectivity index (χ4v) is 3.22. The highest BCUT2D eigenvalue weighted by Gasteiger charge is 2.22. The van der Waals surface area contributed by atoms with Gasteiger partial charge >= 0.3 is 0 Å². The van der Waals surface area contributed by atoms with Gasteiger partial charge in [0.1, 0.15) is 0 Å². The molecule has 2 rings (SSSR count). The molecular formula is C14H24N2S. The van der Waals surface area contributed by atoms with Gasteiger partial charge in [-0.3, -0.25) is 0 Å². The van der Waals surface area contributed by atoms with Gasteiger partial charge in [0.25, 0.3) is 0 Å². The molecule has 0 radical (unpaired) electrons. The molecule has 1 fully saturated rings. The summed E-state index contributed by atoms with van der Waals surface area (Å²) >= 11 is 1.85. The number of hydrogen-bond donors (Lipinski definition) is 1. The predicted octanol–water partition coefficient (Wildman–Crippen LogP) is 3.41. The number of hydrogen-bond acceptors (Lipinski definition) is 3. The second kappa shape index (κ2) is 5.96. The van der Waals surface area contributed by atoms with Gasteiger partial charge in [-0.05, 0) is 51.0 Å². The van der Waals surface area contributed by atoms with E-state index in [0.717, 1.165) is 17.9 Å². The molecule has 0 bridgehead atoms. The molecule has 0 aromatic carbocycles. The lowest BCUT2D eigenvalue weighted by molar-refractivity contribution is 0.385. The molecule has 0 saturated heterocycles. The van der Waals surface area contributed by atoms with E-state index in [1.807, 2.05) is 11.3 Å². The van der Waals surface area contributed by atoms with E-state index < -0.39 is 0 Å². The fourth-order valence-electron chi connectivity index (χ4n) is 2.31. The van der Waals surface area contributed by atoms with E-state index in [9.17, 15) is 0 Å². The molecule has 1 aromatic heterocycles. The van der Waals surface area contributed by atoms with Gasteiger partial charge in [0.05, 0.1) is 5.01 Å². The summed E-state index contributed by atoms with van der Waals surface area (Å²) in [6.07, 6.45) is 7.34. The Balaban J connectivity index is 1.84. The topological polar surface area (TPSA) is 24.9 Å². The number of aryl methyl sites for hydroxylation is 1. The van der Waals surface area contributed by atoms with Crippen molar-refractivity contribution in [3.8, 4) is 0 Å². The molecule has 96 valence electrons. The molecule has 1 N–H and O–H groups in total. The first-order chi connectivity index (χ1) is 8.13. The minimum Gasteiger partial charge on any atom is -0.314 e. The SMILES string of the molecule is Cc1ncc(CC(CNC2CC2)CC(C)C)s1. The Morgan fingerprint density at radius 2 is 2.24 bits per heavy atom. The standard InChI is InChI=1S/C14H24N2S/c1-10(2)6-12(8-16-13-4-5-13)7-14-9-15-11(3)17-14/h9-10,12-13,16H,4-8H2,1-3H3. The van der Waals surface area contributed by atoms with Crippen LogP contribution in [-0.4, -0.2) is 17.6 Å². The van der Waals surface area contributed by atoms with Gasteiger partial charge in [-0.2, -0.15) is 0 Å². The molecule has 1 aromatic rings. The number of nitrogens with one attached hydrogen (secondary N) is 1. The quantitative estimate of drug-likeness (QED) is 0.804. The van der Waals surface area contributed by atoms with Crippen molar-refractivity contribution < 1.29 is 0 Å². The predicted molar refractivity (Wildman–Crippen MR) is 74.5 cm³/mol. The third-order valence-electron chi connectivity index (χ3n) is 3.24. The first-order valence-electron chi connectivity index (χ1n) is 6.78. The molecule has 1 heterocycles. The molecular weight excluding hydrogens is 228 g/mol. The molecule has 3 heteroatoms. The summed E-state index contributed by atoms with van der Waals surface area (Å²) < 4.78 is 0. The van der Waals surface area contributed by atoms with E-state index in [4.69, 9.17) is 0 Å². The average Bonchev–Trinajstić information content (AvgIpc) is 2.99. The molecule has 1 aliphatic rings. The van der Waals surface area contributed by atoms with Crippen LogP contribution in [0.3, 0.4) is 0 Å². The molecule has 1 atom stereocenters. The van der Waals surface area contributed by atoms with Crippen LogP contribution < -0.4 is 5.32 Å². The maximum Gasteiger partial charge on any atom is 0.0896 e. The minimum absolute atomic E-state index is 0.774. The van der Waals surface area contributed by atoms with E-state index in [2.05, 4.69) is 37.3 Å². The van der Waals surface area contributed by atoms with Crippen molar-refractivity contribution in [2.75, 3.05) is 6.54 Å². The second-order valence-corrected chi connectivity index (χ2v) is 7.05. The first-order valence-corrected chi connectivity index (χ1v) is 7.60. The third-order valence-corrected chi connectivity index (χ3v) is 4.17. The Morgan fingerprint density at radius 3 is 2.76 bits per heavy atom. The van der Waals surface area contributed by atoms with Crippen LogP contribution in [0.25, 0.3) is 0 Å². The molecule has 0 aliphatic heterocycles. The summed E-state index contributed by atoms with van der Waals surface area (Å²) in [6.45, 7) is 7.91. The van der Waals surface area contributed by atoms with Crippen LogP contribution in [0, 0.1) is 18.8 Å². The highest BCUT2D eigenvalue weighted by molar-refractivity contribution is 7.11. The van der Waals surface area contributed by atoms with Gasteiger partial charge in [-0.15, -0.1) is 11.3 Å². The summed E-state index contributed by atoms with van der Waals surface area (Å²) in [6, 6.07) is 0.827. The van der Waals surface area contributed by atoms with Crippen molar-refractivity contribution in [3.63, 3.8) is 0 Å². The Kier molecular flexibility index (Phi) is 4.57. The highest BCUT2D eigenvalue weighted by atomic mass is 32.1. The van der Waals surface area contributed by atoms with E-state index in [0.29, 0.717) is 0 Å². The van der Waals surface area contributed by atoms with Crippen LogP contribution in [0.5, 0.6) is 0 Å². The zero-order valence-electron chi connectivity index (χ0n) is 11.2. The average molecular weight is 252 g/mol. The molecule has 1 saturated carbocycles. The van der Waals surface area contributed by atoms with Crippen molar-refractivity contribution >= 4 is 11.3 Å².